The van der Waals surface area contributed by atoms with Gasteiger partial charge in [-0.15, -0.1) is 11.3 Å². The predicted molar refractivity (Wildman–Crippen MR) is 205 cm³/mol. The summed E-state index contributed by atoms with van der Waals surface area (Å²) in [6.07, 6.45) is 0. The number of thiophene rings is 1. The highest BCUT2D eigenvalue weighted by molar-refractivity contribution is 7.26. The number of fused-ring (bicyclic) bond motifs is 3. The maximum absolute atomic E-state index is 5.07. The molecule has 49 heavy (non-hydrogen) atoms. The van der Waals surface area contributed by atoms with Gasteiger partial charge >= 0.3 is 0 Å². The molecule has 2 aromatic heterocycles. The van der Waals surface area contributed by atoms with Crippen LogP contribution in [0.3, 0.4) is 0 Å². The van der Waals surface area contributed by atoms with Crippen molar-refractivity contribution in [3.8, 4) is 67.5 Å². The molecule has 0 saturated carbocycles. The minimum atomic E-state index is 0.662. The van der Waals surface area contributed by atoms with Gasteiger partial charge in [0.05, 0.1) is 0 Å². The van der Waals surface area contributed by atoms with Crippen LogP contribution in [0.4, 0.5) is 0 Å². The van der Waals surface area contributed by atoms with Gasteiger partial charge < -0.3 is 0 Å². The molecule has 0 aliphatic heterocycles. The second-order valence-electron chi connectivity index (χ2n) is 12.1. The molecular weight excluding hydrogens is 615 g/mol. The Balaban J connectivity index is 1.15. The highest BCUT2D eigenvalue weighted by atomic mass is 32.1. The number of hydrogen-bond donors (Lipinski definition) is 0. The Bertz CT molecular complexity index is 2520. The van der Waals surface area contributed by atoms with Crippen molar-refractivity contribution in [3.63, 3.8) is 0 Å². The number of aromatic nitrogens is 3. The van der Waals surface area contributed by atoms with Gasteiger partial charge in [-0.25, -0.2) is 15.0 Å². The van der Waals surface area contributed by atoms with Gasteiger partial charge in [0.1, 0.15) is 0 Å². The Morgan fingerprint density at radius 3 is 1.39 bits per heavy atom. The van der Waals surface area contributed by atoms with Gasteiger partial charge in [-0.3, -0.25) is 0 Å². The van der Waals surface area contributed by atoms with Crippen molar-refractivity contribution >= 4 is 31.5 Å². The molecular formula is C45H29N3S. The van der Waals surface area contributed by atoms with E-state index in [0.717, 1.165) is 16.7 Å². The lowest BCUT2D eigenvalue weighted by Crippen LogP contribution is -2.00. The van der Waals surface area contributed by atoms with Crippen LogP contribution in [0, 0.1) is 0 Å². The first-order valence-corrected chi connectivity index (χ1v) is 17.2. The summed E-state index contributed by atoms with van der Waals surface area (Å²) in [4.78, 5) is 15.1. The monoisotopic (exact) mass is 643 g/mol. The summed E-state index contributed by atoms with van der Waals surface area (Å²) >= 11 is 1.80. The van der Waals surface area contributed by atoms with E-state index in [2.05, 4.69) is 115 Å². The molecule has 0 aliphatic carbocycles. The van der Waals surface area contributed by atoms with Crippen LogP contribution in [0.2, 0.25) is 0 Å². The van der Waals surface area contributed by atoms with Gasteiger partial charge in [-0.05, 0) is 57.6 Å². The van der Waals surface area contributed by atoms with E-state index in [9.17, 15) is 0 Å². The molecule has 0 radical (unpaired) electrons. The van der Waals surface area contributed by atoms with Crippen LogP contribution in [0.15, 0.2) is 176 Å². The number of benzene rings is 7. The molecule has 4 heteroatoms. The van der Waals surface area contributed by atoms with Crippen molar-refractivity contribution in [2.45, 2.75) is 0 Å². The first-order valence-electron chi connectivity index (χ1n) is 16.4. The molecule has 0 aliphatic rings. The van der Waals surface area contributed by atoms with Crippen LogP contribution >= 0.6 is 11.3 Å². The summed E-state index contributed by atoms with van der Waals surface area (Å²) in [7, 11) is 0. The average Bonchev–Trinajstić information content (AvgIpc) is 3.57. The highest BCUT2D eigenvalue weighted by Crippen LogP contribution is 2.41. The quantitative estimate of drug-likeness (QED) is 0.181. The summed E-state index contributed by atoms with van der Waals surface area (Å²) in [5, 5.41) is 2.37. The molecule has 9 rings (SSSR count). The molecule has 0 amide bonds. The maximum atomic E-state index is 5.07. The Labute approximate surface area is 288 Å². The van der Waals surface area contributed by atoms with Crippen LogP contribution in [-0.2, 0) is 0 Å². The van der Waals surface area contributed by atoms with Crippen LogP contribution in [0.5, 0.6) is 0 Å². The van der Waals surface area contributed by atoms with Crippen molar-refractivity contribution in [2.75, 3.05) is 0 Å². The largest absolute Gasteiger partial charge is 0.208 e. The molecule has 0 atom stereocenters. The lowest BCUT2D eigenvalue weighted by atomic mass is 9.96. The van der Waals surface area contributed by atoms with Gasteiger partial charge in [0, 0.05) is 36.9 Å². The maximum Gasteiger partial charge on any atom is 0.164 e. The Morgan fingerprint density at radius 1 is 0.306 bits per heavy atom. The standard InChI is InChI=1S/C45H29N3S/c1-4-12-30(13-5-1)31-22-24-32(25-23-31)35-18-10-19-36(28-35)37-26-27-40-39(29-37)42-38(20-11-21-41(42)49-40)45-47-43(33-14-6-2-7-15-33)46-44(48-45)34-16-8-3-9-17-34/h1-29H. The zero-order chi connectivity index (χ0) is 32.6. The lowest BCUT2D eigenvalue weighted by molar-refractivity contribution is 1.08. The van der Waals surface area contributed by atoms with E-state index < -0.39 is 0 Å². The normalized spacial score (nSPS) is 11.3. The van der Waals surface area contributed by atoms with E-state index in [0.29, 0.717) is 17.5 Å². The van der Waals surface area contributed by atoms with Crippen molar-refractivity contribution in [1.82, 2.24) is 15.0 Å². The second-order valence-corrected chi connectivity index (χ2v) is 13.1. The average molecular weight is 644 g/mol. The topological polar surface area (TPSA) is 38.7 Å². The zero-order valence-electron chi connectivity index (χ0n) is 26.5. The Morgan fingerprint density at radius 2 is 0.755 bits per heavy atom. The highest BCUT2D eigenvalue weighted by Gasteiger charge is 2.17. The third-order valence-corrected chi connectivity index (χ3v) is 10.1. The summed E-state index contributed by atoms with van der Waals surface area (Å²) in [6.45, 7) is 0. The van der Waals surface area contributed by atoms with Gasteiger partial charge in [0.15, 0.2) is 17.5 Å². The van der Waals surface area contributed by atoms with Gasteiger partial charge in [-0.1, -0.05) is 152 Å². The first-order chi connectivity index (χ1) is 24.3. The molecule has 9 aromatic rings. The van der Waals surface area contributed by atoms with Gasteiger partial charge in [0.2, 0.25) is 0 Å². The van der Waals surface area contributed by atoms with Crippen molar-refractivity contribution < 1.29 is 0 Å². The molecule has 0 saturated heterocycles. The van der Waals surface area contributed by atoms with E-state index in [1.165, 1.54) is 53.6 Å². The fourth-order valence-electron chi connectivity index (χ4n) is 6.49. The second kappa shape index (κ2) is 12.4. The summed E-state index contributed by atoms with van der Waals surface area (Å²) in [5.41, 5.74) is 10.1. The lowest BCUT2D eigenvalue weighted by Gasteiger charge is -2.10. The van der Waals surface area contributed by atoms with Gasteiger partial charge in [0.25, 0.3) is 0 Å². The predicted octanol–water partition coefficient (Wildman–Crippen LogP) is 12.2. The number of rotatable bonds is 6. The first kappa shape index (κ1) is 29.0. The molecule has 230 valence electrons. The molecule has 2 heterocycles. The Hall–Kier alpha value is -6.23. The minimum Gasteiger partial charge on any atom is -0.208 e. The summed E-state index contributed by atoms with van der Waals surface area (Å²) < 4.78 is 2.44. The van der Waals surface area contributed by atoms with Crippen molar-refractivity contribution in [3.05, 3.63) is 176 Å². The summed E-state index contributed by atoms with van der Waals surface area (Å²) in [6, 6.07) is 61.7. The third kappa shape index (κ3) is 5.58. The van der Waals surface area contributed by atoms with Crippen LogP contribution in [0.1, 0.15) is 0 Å². The SMILES string of the molecule is c1ccc(-c2ccc(-c3cccc(-c4ccc5sc6cccc(-c7nc(-c8ccccc8)nc(-c8ccccc8)n7)c6c5c4)c3)cc2)cc1. The molecule has 0 bridgehead atoms. The number of nitrogens with zero attached hydrogens (tertiary/aromatic N) is 3. The fraction of sp³-hybridized carbons (Fsp3) is 0. The Kier molecular flexibility index (Phi) is 7.34. The number of hydrogen-bond acceptors (Lipinski definition) is 4. The summed E-state index contributed by atoms with van der Waals surface area (Å²) in [5.74, 6) is 2.00. The zero-order valence-corrected chi connectivity index (χ0v) is 27.3. The molecule has 3 nitrogen and oxygen atoms in total. The van der Waals surface area contributed by atoms with E-state index in [1.807, 2.05) is 60.7 Å². The van der Waals surface area contributed by atoms with E-state index in [1.54, 1.807) is 11.3 Å². The van der Waals surface area contributed by atoms with E-state index >= 15 is 0 Å². The minimum absolute atomic E-state index is 0.662. The van der Waals surface area contributed by atoms with Crippen LogP contribution in [0.25, 0.3) is 87.7 Å². The smallest absolute Gasteiger partial charge is 0.164 e. The van der Waals surface area contributed by atoms with Crippen LogP contribution in [-0.4, -0.2) is 15.0 Å². The van der Waals surface area contributed by atoms with Crippen molar-refractivity contribution in [2.24, 2.45) is 0 Å². The fourth-order valence-corrected chi connectivity index (χ4v) is 7.60. The molecule has 0 unspecified atom stereocenters. The van der Waals surface area contributed by atoms with E-state index in [4.69, 9.17) is 15.0 Å². The molecule has 0 fully saturated rings. The molecule has 0 spiro atoms. The van der Waals surface area contributed by atoms with Crippen molar-refractivity contribution in [1.29, 1.82) is 0 Å². The third-order valence-electron chi connectivity index (χ3n) is 8.96. The van der Waals surface area contributed by atoms with E-state index in [-0.39, 0.29) is 0 Å². The molecule has 7 aromatic carbocycles. The van der Waals surface area contributed by atoms with Crippen LogP contribution < -0.4 is 0 Å². The molecule has 0 N–H and O–H groups in total. The van der Waals surface area contributed by atoms with Gasteiger partial charge in [-0.2, -0.15) is 0 Å².